The molecular weight excluding hydrogens is 352 g/mol. The van der Waals surface area contributed by atoms with Crippen molar-refractivity contribution in [2.75, 3.05) is 33.8 Å². The molecule has 5 nitrogen and oxygen atoms in total. The Morgan fingerprint density at radius 1 is 1.21 bits per heavy atom. The number of fused-ring (bicyclic) bond motifs is 2. The van der Waals surface area contributed by atoms with Crippen molar-refractivity contribution in [3.63, 3.8) is 0 Å². The summed E-state index contributed by atoms with van der Waals surface area (Å²) in [4.78, 5) is 14.1. The van der Waals surface area contributed by atoms with E-state index in [0.717, 1.165) is 47.6 Å². The summed E-state index contributed by atoms with van der Waals surface area (Å²) in [5.74, 6) is 1.64. The zero-order chi connectivity index (χ0) is 19.9. The number of amides is 1. The number of carbonyl (C=O) groups excluding carboxylic acids is 1. The fourth-order valence-electron chi connectivity index (χ4n) is 3.32. The summed E-state index contributed by atoms with van der Waals surface area (Å²) < 4.78 is 6.30. The third kappa shape index (κ3) is 5.21. The van der Waals surface area contributed by atoms with Gasteiger partial charge in [-0.1, -0.05) is 36.4 Å². The molecule has 0 saturated heterocycles. The Bertz CT molecular complexity index is 859. The Balaban J connectivity index is 1.86. The zero-order valence-corrected chi connectivity index (χ0v) is 16.6. The number of benzene rings is 2. The van der Waals surface area contributed by atoms with Gasteiger partial charge in [0.15, 0.2) is 0 Å². The molecule has 0 radical (unpaired) electrons. The maximum atomic E-state index is 12.0. The van der Waals surface area contributed by atoms with E-state index in [2.05, 4.69) is 42.5 Å². The molecular formula is C23H28N2O3. The molecule has 0 aliphatic carbocycles. The van der Waals surface area contributed by atoms with Crippen molar-refractivity contribution in [2.24, 2.45) is 0 Å². The third-order valence-electron chi connectivity index (χ3n) is 4.71. The molecule has 2 N–H and O–H groups in total. The van der Waals surface area contributed by atoms with Crippen LogP contribution in [-0.4, -0.2) is 49.7 Å². The topological polar surface area (TPSA) is 61.8 Å². The Labute approximate surface area is 166 Å². The molecule has 1 heterocycles. The first-order valence-corrected chi connectivity index (χ1v) is 9.67. The smallest absolute Gasteiger partial charge is 0.224 e. The van der Waals surface area contributed by atoms with Gasteiger partial charge in [0.1, 0.15) is 11.5 Å². The Morgan fingerprint density at radius 2 is 2.04 bits per heavy atom. The Hall–Kier alpha value is -2.63. The third-order valence-corrected chi connectivity index (χ3v) is 4.71. The lowest BCUT2D eigenvalue weighted by Crippen LogP contribution is -2.27. The van der Waals surface area contributed by atoms with Gasteiger partial charge in [-0.25, -0.2) is 0 Å². The minimum atomic E-state index is -0.0896. The van der Waals surface area contributed by atoms with E-state index < -0.39 is 0 Å². The normalized spacial score (nSPS) is 14.2. The molecule has 148 valence electrons. The molecule has 5 heteroatoms. The van der Waals surface area contributed by atoms with Crippen LogP contribution in [0.1, 0.15) is 28.7 Å². The molecule has 0 unspecified atom stereocenters. The highest BCUT2D eigenvalue weighted by Gasteiger charge is 2.19. The van der Waals surface area contributed by atoms with Crippen LogP contribution in [0.2, 0.25) is 0 Å². The predicted molar refractivity (Wildman–Crippen MR) is 111 cm³/mol. The summed E-state index contributed by atoms with van der Waals surface area (Å²) in [6.45, 7) is 1.19. The monoisotopic (exact) mass is 380 g/mol. The molecule has 0 spiro atoms. The molecule has 0 aromatic heterocycles. The van der Waals surface area contributed by atoms with E-state index in [0.29, 0.717) is 6.42 Å². The summed E-state index contributed by atoms with van der Waals surface area (Å²) >= 11 is 0. The number of ether oxygens (including phenoxy) is 1. The fourth-order valence-corrected chi connectivity index (χ4v) is 3.32. The molecule has 0 fully saturated rings. The van der Waals surface area contributed by atoms with Crippen molar-refractivity contribution in [1.82, 2.24) is 10.2 Å². The number of aliphatic hydroxyl groups excluding tert-OH is 1. The molecule has 1 aliphatic heterocycles. The second-order valence-electron chi connectivity index (χ2n) is 7.29. The van der Waals surface area contributed by atoms with Crippen molar-refractivity contribution in [3.8, 4) is 5.75 Å². The summed E-state index contributed by atoms with van der Waals surface area (Å²) in [7, 11) is 4.13. The van der Waals surface area contributed by atoms with Gasteiger partial charge in [0.05, 0.1) is 13.0 Å². The molecule has 28 heavy (non-hydrogen) atoms. The van der Waals surface area contributed by atoms with Crippen LogP contribution in [0.15, 0.2) is 48.5 Å². The lowest BCUT2D eigenvalue weighted by Gasteiger charge is -2.13. The summed E-state index contributed by atoms with van der Waals surface area (Å²) in [5.41, 5.74) is 4.37. The molecule has 2 aromatic rings. The van der Waals surface area contributed by atoms with Gasteiger partial charge in [0.25, 0.3) is 0 Å². The van der Waals surface area contributed by atoms with Gasteiger partial charge in [0.2, 0.25) is 5.91 Å². The average molecular weight is 380 g/mol. The van der Waals surface area contributed by atoms with E-state index in [4.69, 9.17) is 9.84 Å². The van der Waals surface area contributed by atoms with Gasteiger partial charge in [-0.15, -0.1) is 0 Å². The van der Waals surface area contributed by atoms with Gasteiger partial charge in [-0.2, -0.15) is 0 Å². The number of nitrogens with one attached hydrogen (secondary N) is 1. The Morgan fingerprint density at radius 3 is 2.82 bits per heavy atom. The van der Waals surface area contributed by atoms with Crippen molar-refractivity contribution in [3.05, 3.63) is 70.8 Å². The van der Waals surface area contributed by atoms with Crippen molar-refractivity contribution >= 4 is 11.7 Å². The van der Waals surface area contributed by atoms with Crippen LogP contribution in [0.4, 0.5) is 0 Å². The maximum Gasteiger partial charge on any atom is 0.224 e. The molecule has 0 bridgehead atoms. The van der Waals surface area contributed by atoms with Crippen LogP contribution in [-0.2, 0) is 17.6 Å². The van der Waals surface area contributed by atoms with Crippen molar-refractivity contribution in [2.45, 2.75) is 19.3 Å². The van der Waals surface area contributed by atoms with E-state index in [9.17, 15) is 4.79 Å². The Kier molecular flexibility index (Phi) is 6.85. The SMILES string of the molecule is CN(C)CC/C=C1\Oc2ccc(CC(=O)NCCO)cc2Cc2ccccc21. The second-order valence-corrected chi connectivity index (χ2v) is 7.29. The molecule has 1 aliphatic rings. The van der Waals surface area contributed by atoms with Crippen molar-refractivity contribution in [1.29, 1.82) is 0 Å². The van der Waals surface area contributed by atoms with E-state index in [1.165, 1.54) is 5.56 Å². The highest BCUT2D eigenvalue weighted by Crippen LogP contribution is 2.34. The summed E-state index contributed by atoms with van der Waals surface area (Å²) in [6, 6.07) is 14.3. The number of rotatable bonds is 7. The largest absolute Gasteiger partial charge is 0.457 e. The van der Waals surface area contributed by atoms with E-state index >= 15 is 0 Å². The fraction of sp³-hybridized carbons (Fsp3) is 0.348. The first kappa shape index (κ1) is 20.1. The minimum absolute atomic E-state index is 0.0521. The number of aliphatic hydroxyl groups is 1. The highest BCUT2D eigenvalue weighted by atomic mass is 16.5. The first-order chi connectivity index (χ1) is 13.6. The van der Waals surface area contributed by atoms with Gasteiger partial charge >= 0.3 is 0 Å². The first-order valence-electron chi connectivity index (χ1n) is 9.67. The zero-order valence-electron chi connectivity index (χ0n) is 16.6. The van der Waals surface area contributed by atoms with Crippen LogP contribution in [0.25, 0.3) is 5.76 Å². The number of hydrogen-bond donors (Lipinski definition) is 2. The van der Waals surface area contributed by atoms with Gasteiger partial charge in [0, 0.05) is 25.1 Å². The average Bonchev–Trinajstić information content (AvgIpc) is 2.82. The molecule has 2 aromatic carbocycles. The van der Waals surface area contributed by atoms with Gasteiger partial charge in [-0.3, -0.25) is 4.79 Å². The number of nitrogens with zero attached hydrogens (tertiary/aromatic N) is 1. The van der Waals surface area contributed by atoms with Crippen LogP contribution in [0, 0.1) is 0 Å². The van der Waals surface area contributed by atoms with Gasteiger partial charge in [-0.05, 0) is 49.3 Å². The molecule has 0 saturated carbocycles. The molecule has 0 atom stereocenters. The standard InChI is InChI=1S/C23H28N2O3/c1-25(2)12-5-8-22-20-7-4-3-6-18(20)16-19-14-17(9-10-21(19)28-22)15-23(27)24-11-13-26/h3-4,6-10,14,26H,5,11-13,15-16H2,1-2H3,(H,24,27)/b22-8-. The molecule has 1 amide bonds. The number of carbonyl (C=O) groups is 1. The van der Waals surface area contributed by atoms with Crippen LogP contribution in [0.3, 0.4) is 0 Å². The minimum Gasteiger partial charge on any atom is -0.457 e. The quantitative estimate of drug-likeness (QED) is 0.775. The van der Waals surface area contributed by atoms with Crippen molar-refractivity contribution < 1.29 is 14.6 Å². The summed E-state index contributed by atoms with van der Waals surface area (Å²) in [5, 5.41) is 11.5. The van der Waals surface area contributed by atoms with E-state index in [1.54, 1.807) is 0 Å². The van der Waals surface area contributed by atoms with Crippen LogP contribution >= 0.6 is 0 Å². The lowest BCUT2D eigenvalue weighted by atomic mass is 9.97. The van der Waals surface area contributed by atoms with E-state index in [-0.39, 0.29) is 19.1 Å². The highest BCUT2D eigenvalue weighted by molar-refractivity contribution is 5.78. The maximum absolute atomic E-state index is 12.0. The van der Waals surface area contributed by atoms with Gasteiger partial charge < -0.3 is 20.1 Å². The predicted octanol–water partition coefficient (Wildman–Crippen LogP) is 2.61. The molecule has 3 rings (SSSR count). The number of hydrogen-bond acceptors (Lipinski definition) is 4. The second kappa shape index (κ2) is 9.53. The lowest BCUT2D eigenvalue weighted by molar-refractivity contribution is -0.120. The van der Waals surface area contributed by atoms with E-state index in [1.807, 2.05) is 30.3 Å². The van der Waals surface area contributed by atoms with Crippen LogP contribution in [0.5, 0.6) is 5.75 Å². The van der Waals surface area contributed by atoms with Crippen LogP contribution < -0.4 is 10.1 Å². The summed E-state index contributed by atoms with van der Waals surface area (Å²) in [6.07, 6.45) is 4.13.